The third-order valence-corrected chi connectivity index (χ3v) is 4.05. The van der Waals surface area contributed by atoms with Crippen molar-refractivity contribution in [3.8, 4) is 0 Å². The zero-order valence-corrected chi connectivity index (χ0v) is 12.3. The third kappa shape index (κ3) is 5.09. The minimum atomic E-state index is -0.353. The van der Waals surface area contributed by atoms with Crippen LogP contribution in [0.15, 0.2) is 0 Å². The summed E-state index contributed by atoms with van der Waals surface area (Å²) in [6.07, 6.45) is 6.73. The van der Waals surface area contributed by atoms with Crippen LogP contribution in [0, 0.1) is 0 Å². The number of amides is 3. The molecule has 1 atom stereocenters. The fraction of sp³-hybridized carbons (Fsp3) is 0.857. The summed E-state index contributed by atoms with van der Waals surface area (Å²) in [6, 6.07) is 0.359. The predicted octanol–water partition coefficient (Wildman–Crippen LogP) is 0.439. The zero-order valence-electron chi connectivity index (χ0n) is 12.3. The lowest BCUT2D eigenvalue weighted by molar-refractivity contribution is -0.120. The van der Waals surface area contributed by atoms with E-state index in [1.54, 1.807) is 0 Å². The summed E-state index contributed by atoms with van der Waals surface area (Å²) in [6.45, 7) is 2.17. The van der Waals surface area contributed by atoms with E-state index in [-0.39, 0.29) is 24.5 Å². The quantitative estimate of drug-likeness (QED) is 0.684. The molecule has 1 aliphatic heterocycles. The molecule has 3 amide bonds. The molecule has 6 nitrogen and oxygen atoms in total. The van der Waals surface area contributed by atoms with E-state index in [1.807, 2.05) is 11.9 Å². The maximum Gasteiger partial charge on any atom is 0.321 e. The van der Waals surface area contributed by atoms with Crippen molar-refractivity contribution >= 4 is 11.9 Å². The van der Waals surface area contributed by atoms with Crippen molar-refractivity contribution in [2.75, 3.05) is 26.7 Å². The smallest absolute Gasteiger partial charge is 0.321 e. The maximum atomic E-state index is 11.8. The van der Waals surface area contributed by atoms with Crippen molar-refractivity contribution in [2.45, 2.75) is 50.6 Å². The van der Waals surface area contributed by atoms with Crippen LogP contribution in [0.1, 0.15) is 38.5 Å². The van der Waals surface area contributed by atoms with Gasteiger partial charge >= 0.3 is 6.03 Å². The van der Waals surface area contributed by atoms with Crippen molar-refractivity contribution in [3.63, 3.8) is 0 Å². The van der Waals surface area contributed by atoms with Gasteiger partial charge in [-0.25, -0.2) is 4.79 Å². The molecule has 114 valence electrons. The molecule has 0 aromatic rings. The Labute approximate surface area is 120 Å². The second-order valence-corrected chi connectivity index (χ2v) is 5.99. The molecular formula is C14H26N4O2. The molecule has 1 heterocycles. The Balaban J connectivity index is 1.61. The average molecular weight is 282 g/mol. The first-order valence-electron chi connectivity index (χ1n) is 7.66. The Bertz CT molecular complexity index is 336. The Morgan fingerprint density at radius 1 is 1.20 bits per heavy atom. The molecule has 0 aromatic carbocycles. The van der Waals surface area contributed by atoms with Gasteiger partial charge in [-0.05, 0) is 39.3 Å². The van der Waals surface area contributed by atoms with Gasteiger partial charge in [0, 0.05) is 18.6 Å². The van der Waals surface area contributed by atoms with Gasteiger partial charge < -0.3 is 10.6 Å². The molecule has 0 aromatic heterocycles. The summed E-state index contributed by atoms with van der Waals surface area (Å²) in [5.41, 5.74) is 0. The molecule has 1 saturated heterocycles. The highest BCUT2D eigenvalue weighted by Crippen LogP contribution is 2.17. The van der Waals surface area contributed by atoms with Crippen LogP contribution in [0.4, 0.5) is 4.79 Å². The summed E-state index contributed by atoms with van der Waals surface area (Å²) in [4.78, 5) is 25.4. The van der Waals surface area contributed by atoms with Gasteiger partial charge in [-0.1, -0.05) is 12.8 Å². The van der Waals surface area contributed by atoms with Gasteiger partial charge in [0.05, 0.1) is 6.54 Å². The van der Waals surface area contributed by atoms with Gasteiger partial charge in [0.15, 0.2) is 0 Å². The monoisotopic (exact) mass is 282 g/mol. The van der Waals surface area contributed by atoms with Crippen LogP contribution in [-0.2, 0) is 4.79 Å². The van der Waals surface area contributed by atoms with E-state index in [0.29, 0.717) is 6.04 Å². The Kier molecular flexibility index (Phi) is 5.79. The van der Waals surface area contributed by atoms with E-state index in [2.05, 4.69) is 16.0 Å². The van der Waals surface area contributed by atoms with Gasteiger partial charge in [-0.3, -0.25) is 15.0 Å². The molecule has 2 rings (SSSR count). The summed E-state index contributed by atoms with van der Waals surface area (Å²) < 4.78 is 0. The van der Waals surface area contributed by atoms with Crippen LogP contribution in [0.3, 0.4) is 0 Å². The molecule has 2 fully saturated rings. The third-order valence-electron chi connectivity index (χ3n) is 4.05. The topological polar surface area (TPSA) is 73.5 Å². The summed E-state index contributed by atoms with van der Waals surface area (Å²) >= 11 is 0. The number of nitrogens with zero attached hydrogens (tertiary/aromatic N) is 1. The SMILES string of the molecule is CN(CC(=O)NC(=O)NC1CCCC1)CC1CCCN1. The number of carbonyl (C=O) groups is 2. The number of nitrogens with one attached hydrogen (secondary N) is 3. The minimum Gasteiger partial charge on any atom is -0.335 e. The molecule has 1 saturated carbocycles. The van der Waals surface area contributed by atoms with Gasteiger partial charge in [0.25, 0.3) is 0 Å². The molecular weight excluding hydrogens is 256 g/mol. The summed E-state index contributed by atoms with van der Waals surface area (Å²) in [5, 5.41) is 8.66. The second-order valence-electron chi connectivity index (χ2n) is 5.99. The summed E-state index contributed by atoms with van der Waals surface area (Å²) in [5.74, 6) is -0.235. The number of urea groups is 1. The number of rotatable bonds is 5. The summed E-state index contributed by atoms with van der Waals surface area (Å²) in [7, 11) is 1.91. The van der Waals surface area contributed by atoms with E-state index < -0.39 is 0 Å². The molecule has 0 bridgehead atoms. The fourth-order valence-corrected chi connectivity index (χ4v) is 3.06. The van der Waals surface area contributed by atoms with Crippen molar-refractivity contribution in [2.24, 2.45) is 0 Å². The zero-order chi connectivity index (χ0) is 14.4. The lowest BCUT2D eigenvalue weighted by Crippen LogP contribution is -2.47. The number of carbonyl (C=O) groups excluding carboxylic acids is 2. The number of hydrogen-bond donors (Lipinski definition) is 3. The van der Waals surface area contributed by atoms with E-state index in [4.69, 9.17) is 0 Å². The van der Waals surface area contributed by atoms with Crippen LogP contribution in [0.25, 0.3) is 0 Å². The van der Waals surface area contributed by atoms with Gasteiger partial charge in [0.2, 0.25) is 5.91 Å². The highest BCUT2D eigenvalue weighted by atomic mass is 16.2. The Hall–Kier alpha value is -1.14. The predicted molar refractivity (Wildman–Crippen MR) is 77.5 cm³/mol. The lowest BCUT2D eigenvalue weighted by Gasteiger charge is -2.20. The highest BCUT2D eigenvalue weighted by Gasteiger charge is 2.20. The minimum absolute atomic E-state index is 0.235. The van der Waals surface area contributed by atoms with Crippen LogP contribution in [-0.4, -0.2) is 55.6 Å². The second kappa shape index (κ2) is 7.59. The molecule has 0 spiro atoms. The van der Waals surface area contributed by atoms with E-state index in [0.717, 1.165) is 45.2 Å². The molecule has 1 unspecified atom stereocenters. The first-order valence-corrected chi connectivity index (χ1v) is 7.66. The molecule has 20 heavy (non-hydrogen) atoms. The number of likely N-dealkylation sites (N-methyl/N-ethyl adjacent to an activating group) is 1. The largest absolute Gasteiger partial charge is 0.335 e. The van der Waals surface area contributed by atoms with Crippen molar-refractivity contribution in [1.29, 1.82) is 0 Å². The molecule has 2 aliphatic rings. The first-order chi connectivity index (χ1) is 9.63. The van der Waals surface area contributed by atoms with E-state index >= 15 is 0 Å². The molecule has 6 heteroatoms. The molecule has 0 radical (unpaired) electrons. The van der Waals surface area contributed by atoms with Crippen molar-refractivity contribution in [3.05, 3.63) is 0 Å². The van der Waals surface area contributed by atoms with Gasteiger partial charge in [0.1, 0.15) is 0 Å². The van der Waals surface area contributed by atoms with E-state index in [1.165, 1.54) is 6.42 Å². The fourth-order valence-electron chi connectivity index (χ4n) is 3.06. The normalized spacial score (nSPS) is 23.2. The Morgan fingerprint density at radius 3 is 2.60 bits per heavy atom. The number of hydrogen-bond acceptors (Lipinski definition) is 4. The van der Waals surface area contributed by atoms with Crippen LogP contribution in [0.2, 0.25) is 0 Å². The van der Waals surface area contributed by atoms with Crippen LogP contribution in [0.5, 0.6) is 0 Å². The van der Waals surface area contributed by atoms with Crippen LogP contribution < -0.4 is 16.0 Å². The standard InChI is InChI=1S/C14H26N4O2/c1-18(9-12-7-4-8-15-12)10-13(19)17-14(20)16-11-5-2-3-6-11/h11-12,15H,2-10H2,1H3,(H2,16,17,19,20). The average Bonchev–Trinajstić information content (AvgIpc) is 3.01. The first kappa shape index (κ1) is 15.3. The van der Waals surface area contributed by atoms with Gasteiger partial charge in [-0.2, -0.15) is 0 Å². The molecule has 3 N–H and O–H groups in total. The maximum absolute atomic E-state index is 11.8. The van der Waals surface area contributed by atoms with Gasteiger partial charge in [-0.15, -0.1) is 0 Å². The molecule has 1 aliphatic carbocycles. The van der Waals surface area contributed by atoms with E-state index in [9.17, 15) is 9.59 Å². The highest BCUT2D eigenvalue weighted by molar-refractivity contribution is 5.95. The van der Waals surface area contributed by atoms with Crippen LogP contribution >= 0.6 is 0 Å². The number of imide groups is 1. The van der Waals surface area contributed by atoms with Crippen molar-refractivity contribution in [1.82, 2.24) is 20.9 Å². The van der Waals surface area contributed by atoms with Crippen molar-refractivity contribution < 1.29 is 9.59 Å². The lowest BCUT2D eigenvalue weighted by atomic mass is 10.2. The Morgan fingerprint density at radius 2 is 1.95 bits per heavy atom.